The van der Waals surface area contributed by atoms with Gasteiger partial charge in [-0.15, -0.1) is 0 Å². The van der Waals surface area contributed by atoms with Crippen molar-refractivity contribution in [3.05, 3.63) is 24.3 Å². The second-order valence-corrected chi connectivity index (χ2v) is 5.49. The predicted octanol–water partition coefficient (Wildman–Crippen LogP) is 0.209. The number of hydroxylamine groups is 1. The van der Waals surface area contributed by atoms with Crippen LogP contribution in [0.25, 0.3) is 0 Å². The molecule has 0 atom stereocenters. The van der Waals surface area contributed by atoms with Crippen molar-refractivity contribution in [3.63, 3.8) is 0 Å². The Bertz CT molecular complexity index is 532. The highest BCUT2D eigenvalue weighted by atomic mass is 32.2. The predicted molar refractivity (Wildman–Crippen MR) is 67.6 cm³/mol. The van der Waals surface area contributed by atoms with Gasteiger partial charge in [0.1, 0.15) is 5.75 Å². The molecule has 0 aliphatic carbocycles. The van der Waals surface area contributed by atoms with Crippen LogP contribution in [0.15, 0.2) is 29.2 Å². The fraction of sp³-hybridized carbons (Fsp3) is 0.364. The standard InChI is InChI=1S/C11H15FN2O5S/c12-6-1-7-19-9-2-4-10(5-3-9)20(17,18)13-8-11(15)14-16/h2-5,13,16H,1,6-8H2,(H,14,15). The van der Waals surface area contributed by atoms with Crippen LogP contribution in [0, 0.1) is 0 Å². The summed E-state index contributed by atoms with van der Waals surface area (Å²) in [6.07, 6.45) is 0.262. The molecule has 0 saturated carbocycles. The number of hydrogen-bond acceptors (Lipinski definition) is 5. The van der Waals surface area contributed by atoms with Gasteiger partial charge >= 0.3 is 0 Å². The summed E-state index contributed by atoms with van der Waals surface area (Å²) in [6.45, 7) is -0.853. The Balaban J connectivity index is 2.64. The molecule has 0 saturated heterocycles. The van der Waals surface area contributed by atoms with Gasteiger partial charge in [0.15, 0.2) is 0 Å². The van der Waals surface area contributed by atoms with Crippen LogP contribution < -0.4 is 14.9 Å². The number of ether oxygens (including phenoxy) is 1. The van der Waals surface area contributed by atoms with Crippen LogP contribution >= 0.6 is 0 Å². The van der Waals surface area contributed by atoms with Gasteiger partial charge in [-0.2, -0.15) is 0 Å². The van der Waals surface area contributed by atoms with E-state index in [0.717, 1.165) is 0 Å². The van der Waals surface area contributed by atoms with Gasteiger partial charge < -0.3 is 4.74 Å². The fourth-order valence-electron chi connectivity index (χ4n) is 1.24. The molecule has 0 spiro atoms. The van der Waals surface area contributed by atoms with Crippen molar-refractivity contribution in [2.75, 3.05) is 19.8 Å². The van der Waals surface area contributed by atoms with Crippen molar-refractivity contribution in [1.29, 1.82) is 0 Å². The topological polar surface area (TPSA) is 105 Å². The third-order valence-corrected chi connectivity index (χ3v) is 3.65. The Kier molecular flexibility index (Phi) is 6.36. The smallest absolute Gasteiger partial charge is 0.258 e. The third kappa shape index (κ3) is 5.11. The van der Waals surface area contributed by atoms with E-state index in [9.17, 15) is 17.6 Å². The molecule has 0 aliphatic rings. The van der Waals surface area contributed by atoms with Crippen LogP contribution in [0.3, 0.4) is 0 Å². The molecule has 1 amide bonds. The molecule has 7 nitrogen and oxygen atoms in total. The van der Waals surface area contributed by atoms with Gasteiger partial charge in [-0.25, -0.2) is 18.6 Å². The van der Waals surface area contributed by atoms with Crippen molar-refractivity contribution in [3.8, 4) is 5.75 Å². The summed E-state index contributed by atoms with van der Waals surface area (Å²) in [5.41, 5.74) is 1.31. The average molecular weight is 306 g/mol. The fourth-order valence-corrected chi connectivity index (χ4v) is 2.23. The lowest BCUT2D eigenvalue weighted by molar-refractivity contribution is -0.127. The van der Waals surface area contributed by atoms with Gasteiger partial charge in [0, 0.05) is 6.42 Å². The lowest BCUT2D eigenvalue weighted by Gasteiger charge is -2.08. The van der Waals surface area contributed by atoms with Crippen molar-refractivity contribution in [1.82, 2.24) is 10.2 Å². The number of alkyl halides is 1. The summed E-state index contributed by atoms with van der Waals surface area (Å²) >= 11 is 0. The molecular weight excluding hydrogens is 291 g/mol. The van der Waals surface area contributed by atoms with Gasteiger partial charge in [-0.1, -0.05) is 0 Å². The third-order valence-electron chi connectivity index (χ3n) is 2.23. The number of halogens is 1. The number of benzene rings is 1. The van der Waals surface area contributed by atoms with E-state index in [1.54, 1.807) is 0 Å². The number of nitrogens with one attached hydrogen (secondary N) is 2. The zero-order valence-electron chi connectivity index (χ0n) is 10.5. The monoisotopic (exact) mass is 306 g/mol. The summed E-state index contributed by atoms with van der Waals surface area (Å²) in [4.78, 5) is 10.7. The van der Waals surface area contributed by atoms with Crippen molar-refractivity contribution in [2.24, 2.45) is 0 Å². The Morgan fingerprint density at radius 2 is 1.95 bits per heavy atom. The summed E-state index contributed by atoms with van der Waals surface area (Å²) in [5.74, 6) is -0.453. The highest BCUT2D eigenvalue weighted by Gasteiger charge is 2.15. The first-order chi connectivity index (χ1) is 9.49. The average Bonchev–Trinajstić information content (AvgIpc) is 2.45. The first kappa shape index (κ1) is 16.3. The van der Waals surface area contributed by atoms with Gasteiger partial charge in [0.25, 0.3) is 5.91 Å². The number of sulfonamides is 1. The first-order valence-corrected chi connectivity index (χ1v) is 7.19. The number of hydrogen-bond donors (Lipinski definition) is 3. The zero-order chi connectivity index (χ0) is 15.0. The van der Waals surface area contributed by atoms with Gasteiger partial charge in [0.2, 0.25) is 10.0 Å². The minimum absolute atomic E-state index is 0.0546. The van der Waals surface area contributed by atoms with Crippen LogP contribution in [0.1, 0.15) is 6.42 Å². The number of carbonyl (C=O) groups is 1. The lowest BCUT2D eigenvalue weighted by Crippen LogP contribution is -2.35. The molecule has 112 valence electrons. The highest BCUT2D eigenvalue weighted by Crippen LogP contribution is 2.15. The van der Waals surface area contributed by atoms with E-state index >= 15 is 0 Å². The van der Waals surface area contributed by atoms with Gasteiger partial charge in [-0.05, 0) is 24.3 Å². The van der Waals surface area contributed by atoms with E-state index in [-0.39, 0.29) is 17.9 Å². The van der Waals surface area contributed by atoms with E-state index in [4.69, 9.17) is 9.94 Å². The molecule has 1 aromatic carbocycles. The molecule has 1 aromatic rings. The van der Waals surface area contributed by atoms with Crippen molar-refractivity contribution in [2.45, 2.75) is 11.3 Å². The zero-order valence-corrected chi connectivity index (χ0v) is 11.3. The molecule has 1 rings (SSSR count). The normalized spacial score (nSPS) is 11.1. The molecule has 3 N–H and O–H groups in total. The summed E-state index contributed by atoms with van der Waals surface area (Å²) in [7, 11) is -3.84. The van der Waals surface area contributed by atoms with E-state index in [1.165, 1.54) is 29.7 Å². The summed E-state index contributed by atoms with van der Waals surface area (Å²) < 4.78 is 42.6. The van der Waals surface area contributed by atoms with Crippen LogP contribution in [-0.4, -0.2) is 39.4 Å². The summed E-state index contributed by atoms with van der Waals surface area (Å²) in [5, 5.41) is 8.26. The molecule has 9 heteroatoms. The number of rotatable bonds is 8. The lowest BCUT2D eigenvalue weighted by atomic mass is 10.3. The SMILES string of the molecule is O=C(CNS(=O)(=O)c1ccc(OCCCF)cc1)NO. The largest absolute Gasteiger partial charge is 0.493 e. The minimum Gasteiger partial charge on any atom is -0.493 e. The second kappa shape index (κ2) is 7.78. The Morgan fingerprint density at radius 1 is 1.30 bits per heavy atom. The highest BCUT2D eigenvalue weighted by molar-refractivity contribution is 7.89. The van der Waals surface area contributed by atoms with Gasteiger partial charge in [0.05, 0.1) is 24.7 Å². The van der Waals surface area contributed by atoms with E-state index in [2.05, 4.69) is 0 Å². The Hall–Kier alpha value is -1.71. The van der Waals surface area contributed by atoms with Crippen LogP contribution in [0.4, 0.5) is 4.39 Å². The maximum absolute atomic E-state index is 11.9. The second-order valence-electron chi connectivity index (χ2n) is 3.72. The minimum atomic E-state index is -3.84. The van der Waals surface area contributed by atoms with E-state index in [0.29, 0.717) is 5.75 Å². The molecule has 0 fully saturated rings. The molecule has 0 heterocycles. The Labute approximate surface area is 115 Å². The molecule has 0 unspecified atom stereocenters. The molecule has 0 radical (unpaired) electrons. The van der Waals surface area contributed by atoms with E-state index < -0.39 is 29.1 Å². The molecule has 0 aliphatic heterocycles. The van der Waals surface area contributed by atoms with Crippen LogP contribution in [0.2, 0.25) is 0 Å². The first-order valence-electron chi connectivity index (χ1n) is 5.71. The molecule has 0 aromatic heterocycles. The number of carbonyl (C=O) groups excluding carboxylic acids is 1. The summed E-state index contributed by atoms with van der Waals surface area (Å²) in [6, 6.07) is 5.45. The Morgan fingerprint density at radius 3 is 2.50 bits per heavy atom. The van der Waals surface area contributed by atoms with Crippen molar-refractivity contribution >= 4 is 15.9 Å². The maximum atomic E-state index is 11.9. The van der Waals surface area contributed by atoms with Crippen LogP contribution in [0.5, 0.6) is 5.75 Å². The molecule has 0 bridgehead atoms. The number of amides is 1. The molecule has 20 heavy (non-hydrogen) atoms. The maximum Gasteiger partial charge on any atom is 0.258 e. The van der Waals surface area contributed by atoms with Crippen molar-refractivity contribution < 1.29 is 27.5 Å². The van der Waals surface area contributed by atoms with Gasteiger partial charge in [-0.3, -0.25) is 14.4 Å². The quantitative estimate of drug-likeness (QED) is 0.362. The van der Waals surface area contributed by atoms with E-state index in [1.807, 2.05) is 4.72 Å². The van der Waals surface area contributed by atoms with Crippen LogP contribution in [-0.2, 0) is 14.8 Å². The molecular formula is C11H15FN2O5S.